The zero-order valence-corrected chi connectivity index (χ0v) is 19.2. The third-order valence-corrected chi connectivity index (χ3v) is 4.11. The first-order chi connectivity index (χ1) is 15.1. The summed E-state index contributed by atoms with van der Waals surface area (Å²) in [5, 5.41) is 22.2. The highest BCUT2D eigenvalue weighted by Crippen LogP contribution is 2.23. The van der Waals surface area contributed by atoms with Crippen LogP contribution in [0.2, 0.25) is 0 Å². The minimum Gasteiger partial charge on any atom is -0.444 e. The molecule has 0 saturated carbocycles. The molecule has 14 heteroatoms. The summed E-state index contributed by atoms with van der Waals surface area (Å²) >= 11 is 3.07. The third-order valence-electron chi connectivity index (χ3n) is 3.50. The summed E-state index contributed by atoms with van der Waals surface area (Å²) in [6.45, 7) is 5.90. The summed E-state index contributed by atoms with van der Waals surface area (Å²) in [5.74, 6) is -0.351. The Bertz CT molecular complexity index is 990. The van der Waals surface area contributed by atoms with Crippen LogP contribution in [-0.4, -0.2) is 52.1 Å². The lowest BCUT2D eigenvalue weighted by molar-refractivity contribution is 0.0562. The number of amidine groups is 1. The van der Waals surface area contributed by atoms with Gasteiger partial charge in [0.1, 0.15) is 11.4 Å². The van der Waals surface area contributed by atoms with Crippen LogP contribution >= 0.6 is 15.9 Å². The first-order valence-corrected chi connectivity index (χ1v) is 10.2. The molecule has 0 aliphatic heterocycles. The van der Waals surface area contributed by atoms with Crippen molar-refractivity contribution in [3.8, 4) is 0 Å². The summed E-state index contributed by atoms with van der Waals surface area (Å²) in [7, 11) is 0. The second-order valence-electron chi connectivity index (χ2n) is 7.31. The number of amides is 1. The molecule has 0 spiro atoms. The van der Waals surface area contributed by atoms with E-state index < -0.39 is 17.5 Å². The second-order valence-corrected chi connectivity index (χ2v) is 8.16. The van der Waals surface area contributed by atoms with Crippen molar-refractivity contribution in [2.45, 2.75) is 32.8 Å². The number of nitrogens with two attached hydrogens (primary N) is 1. The predicted octanol–water partition coefficient (Wildman–Crippen LogP) is 2.67. The average Bonchev–Trinajstić information content (AvgIpc) is 3.15. The fourth-order valence-corrected chi connectivity index (χ4v) is 2.57. The molecule has 1 aromatic heterocycles. The van der Waals surface area contributed by atoms with Crippen molar-refractivity contribution in [2.75, 3.05) is 18.4 Å². The predicted molar refractivity (Wildman–Crippen MR) is 118 cm³/mol. The van der Waals surface area contributed by atoms with Crippen LogP contribution in [0, 0.1) is 5.82 Å². The molecule has 1 amide bonds. The van der Waals surface area contributed by atoms with E-state index in [9.17, 15) is 14.4 Å². The Hall–Kier alpha value is -3.26. The highest BCUT2D eigenvalue weighted by atomic mass is 79.9. The third kappa shape index (κ3) is 8.11. The maximum Gasteiger partial charge on any atom is 0.414 e. The van der Waals surface area contributed by atoms with Gasteiger partial charge in [-0.05, 0) is 71.6 Å². The minimum absolute atomic E-state index is 0.0592. The van der Waals surface area contributed by atoms with Gasteiger partial charge in [0.15, 0.2) is 17.5 Å². The van der Waals surface area contributed by atoms with E-state index in [1.54, 1.807) is 20.8 Å². The van der Waals surface area contributed by atoms with Crippen LogP contribution in [0.3, 0.4) is 0 Å². The lowest BCUT2D eigenvalue weighted by atomic mass is 10.2. The molecule has 0 fully saturated rings. The van der Waals surface area contributed by atoms with Gasteiger partial charge in [-0.25, -0.2) is 18.8 Å². The van der Waals surface area contributed by atoms with Crippen molar-refractivity contribution in [3.05, 3.63) is 34.2 Å². The quantitative estimate of drug-likeness (QED) is 0.161. The molecular formula is C18H24BrFN8O4. The van der Waals surface area contributed by atoms with Gasteiger partial charge in [-0.15, -0.1) is 0 Å². The number of hydrogen-bond acceptors (Lipinski definition) is 9. The number of hydrogen-bond donors (Lipinski definition) is 5. The van der Waals surface area contributed by atoms with Crippen LogP contribution in [0.25, 0.3) is 0 Å². The fraction of sp³-hybridized carbons (Fsp3) is 0.389. The lowest BCUT2D eigenvalue weighted by Gasteiger charge is -2.19. The van der Waals surface area contributed by atoms with Crippen molar-refractivity contribution < 1.29 is 23.8 Å². The number of carbonyl (C=O) groups excluding carboxylic acids is 1. The zero-order chi connectivity index (χ0) is 23.7. The van der Waals surface area contributed by atoms with E-state index in [-0.39, 0.29) is 27.8 Å². The van der Waals surface area contributed by atoms with Gasteiger partial charge < -0.3 is 15.8 Å². The summed E-state index contributed by atoms with van der Waals surface area (Å²) in [4.78, 5) is 19.8. The van der Waals surface area contributed by atoms with E-state index in [1.165, 1.54) is 18.2 Å². The molecule has 0 saturated heterocycles. The van der Waals surface area contributed by atoms with Gasteiger partial charge in [0.25, 0.3) is 0 Å². The molecule has 1 heterocycles. The standard InChI is InChI=1S/C18H24BrFN8O4/c1-18(2,3)31-17(29)25-16(21)23-8-4-7-22-14-13(27-32-28-14)15(26-30)24-10-5-6-12(20)11(19)9-10/h5-6,9,30H,4,7-8H2,1-3H3,(H,22,28)(H,24,26)(H3,21,23,25,29). The van der Waals surface area contributed by atoms with E-state index >= 15 is 0 Å². The fourth-order valence-electron chi connectivity index (χ4n) is 2.21. The molecule has 2 rings (SSSR count). The number of aliphatic imine (C=N–C) groups is 2. The molecule has 2 aromatic rings. The van der Waals surface area contributed by atoms with Gasteiger partial charge in [-0.2, -0.15) is 0 Å². The van der Waals surface area contributed by atoms with Crippen molar-refractivity contribution in [2.24, 2.45) is 15.7 Å². The number of nitrogens with one attached hydrogen (secondary N) is 3. The number of ether oxygens (including phenoxy) is 1. The van der Waals surface area contributed by atoms with Gasteiger partial charge in [-0.3, -0.25) is 21.0 Å². The zero-order valence-electron chi connectivity index (χ0n) is 17.6. The summed E-state index contributed by atoms with van der Waals surface area (Å²) < 4.78 is 23.4. The Labute approximate surface area is 191 Å². The second kappa shape index (κ2) is 11.4. The number of benzene rings is 1. The molecule has 0 unspecified atom stereocenters. The van der Waals surface area contributed by atoms with Gasteiger partial charge in [0, 0.05) is 13.1 Å². The molecule has 0 bridgehead atoms. The molecule has 32 heavy (non-hydrogen) atoms. The van der Waals surface area contributed by atoms with Gasteiger partial charge in [-0.1, -0.05) is 0 Å². The SMILES string of the molecule is CC(C)(C)OC(=O)NC(N)=NCCCNc1nonc1C(=Nc1ccc(F)c(Br)c1)NO. The Morgan fingerprint density at radius 1 is 1.38 bits per heavy atom. The first kappa shape index (κ1) is 25.0. The molecule has 0 aliphatic carbocycles. The number of rotatable bonds is 7. The summed E-state index contributed by atoms with van der Waals surface area (Å²) in [6.07, 6.45) is -0.167. The lowest BCUT2D eigenvalue weighted by Crippen LogP contribution is -2.40. The Morgan fingerprint density at radius 3 is 2.78 bits per heavy atom. The number of hydroxylamine groups is 1. The van der Waals surface area contributed by atoms with E-state index in [2.05, 4.69) is 46.9 Å². The molecule has 12 nitrogen and oxygen atoms in total. The monoisotopic (exact) mass is 514 g/mol. The first-order valence-electron chi connectivity index (χ1n) is 9.39. The van der Waals surface area contributed by atoms with E-state index in [4.69, 9.17) is 15.1 Å². The topological polar surface area (TPSA) is 172 Å². The number of aromatic nitrogens is 2. The number of nitrogens with zero attached hydrogens (tertiary/aromatic N) is 4. The van der Waals surface area contributed by atoms with Gasteiger partial charge in [0.2, 0.25) is 5.82 Å². The number of alkyl carbamates (subject to hydrolysis) is 1. The molecule has 174 valence electrons. The Morgan fingerprint density at radius 2 is 2.12 bits per heavy atom. The number of anilines is 1. The molecule has 0 atom stereocenters. The van der Waals surface area contributed by atoms with Gasteiger partial charge in [0.05, 0.1) is 10.2 Å². The minimum atomic E-state index is -0.688. The maximum atomic E-state index is 13.4. The molecular weight excluding hydrogens is 491 g/mol. The number of guanidine groups is 1. The Balaban J connectivity index is 1.90. The van der Waals surface area contributed by atoms with Crippen LogP contribution in [0.5, 0.6) is 0 Å². The average molecular weight is 515 g/mol. The molecule has 6 N–H and O–H groups in total. The highest BCUT2D eigenvalue weighted by Gasteiger charge is 2.17. The van der Waals surface area contributed by atoms with E-state index in [1.807, 2.05) is 5.48 Å². The van der Waals surface area contributed by atoms with Crippen molar-refractivity contribution in [1.82, 2.24) is 21.1 Å². The Kier molecular flexibility index (Phi) is 8.90. The van der Waals surface area contributed by atoms with Crippen molar-refractivity contribution in [1.29, 1.82) is 0 Å². The van der Waals surface area contributed by atoms with Gasteiger partial charge >= 0.3 is 6.09 Å². The van der Waals surface area contributed by atoms with Crippen LogP contribution in [0.1, 0.15) is 32.9 Å². The largest absolute Gasteiger partial charge is 0.444 e. The summed E-state index contributed by atoms with van der Waals surface area (Å²) in [6, 6.07) is 4.08. The van der Waals surface area contributed by atoms with E-state index in [0.717, 1.165) is 0 Å². The van der Waals surface area contributed by atoms with Crippen LogP contribution in [-0.2, 0) is 4.74 Å². The van der Waals surface area contributed by atoms with Crippen LogP contribution in [0.4, 0.5) is 20.7 Å². The van der Waals surface area contributed by atoms with Crippen LogP contribution in [0.15, 0.2) is 37.3 Å². The normalized spacial score (nSPS) is 12.4. The number of halogens is 2. The smallest absolute Gasteiger partial charge is 0.414 e. The molecule has 1 aromatic carbocycles. The van der Waals surface area contributed by atoms with Crippen LogP contribution < -0.4 is 21.8 Å². The van der Waals surface area contributed by atoms with Crippen molar-refractivity contribution >= 4 is 45.3 Å². The highest BCUT2D eigenvalue weighted by molar-refractivity contribution is 9.10. The maximum absolute atomic E-state index is 13.4. The number of carbonyl (C=O) groups is 1. The molecule has 0 aliphatic rings. The summed E-state index contributed by atoms with van der Waals surface area (Å²) in [5.41, 5.74) is 7.40. The molecule has 0 radical (unpaired) electrons. The van der Waals surface area contributed by atoms with Crippen molar-refractivity contribution in [3.63, 3.8) is 0 Å². The van der Waals surface area contributed by atoms with E-state index in [0.29, 0.717) is 25.2 Å².